The van der Waals surface area contributed by atoms with Gasteiger partial charge in [-0.1, -0.05) is 20.3 Å². The van der Waals surface area contributed by atoms with Crippen LogP contribution in [-0.4, -0.2) is 22.2 Å². The maximum atomic E-state index is 11.6. The van der Waals surface area contributed by atoms with Crippen molar-refractivity contribution in [2.75, 3.05) is 7.05 Å². The molecule has 0 bridgehead atoms. The van der Waals surface area contributed by atoms with Crippen LogP contribution in [0.5, 0.6) is 0 Å². The van der Waals surface area contributed by atoms with Gasteiger partial charge in [0.1, 0.15) is 0 Å². The molecular formula is C11H21N3O. The second-order valence-electron chi connectivity index (χ2n) is 4.12. The van der Waals surface area contributed by atoms with Crippen molar-refractivity contribution in [1.29, 1.82) is 0 Å². The second-order valence-corrected chi connectivity index (χ2v) is 4.12. The highest BCUT2D eigenvalue weighted by molar-refractivity contribution is 4.83. The third kappa shape index (κ3) is 2.72. The lowest BCUT2D eigenvalue weighted by molar-refractivity contribution is 0.344. The van der Waals surface area contributed by atoms with E-state index in [9.17, 15) is 4.79 Å². The highest BCUT2D eigenvalue weighted by Crippen LogP contribution is 2.08. The zero-order valence-corrected chi connectivity index (χ0v) is 10.0. The van der Waals surface area contributed by atoms with E-state index in [0.29, 0.717) is 12.0 Å². The standard InChI is InChI=1S/C11H21N3O/c1-5-9(2)10(12-3)8-14-7-6-13(4)11(14)15/h6-7,9-10,12H,5,8H2,1-4H3. The Kier molecular flexibility index (Phi) is 4.15. The number of imidazole rings is 1. The van der Waals surface area contributed by atoms with Crippen LogP contribution in [0.25, 0.3) is 0 Å². The molecule has 1 aromatic heterocycles. The molecule has 15 heavy (non-hydrogen) atoms. The molecule has 86 valence electrons. The molecule has 0 radical (unpaired) electrons. The lowest BCUT2D eigenvalue weighted by Gasteiger charge is -2.22. The Balaban J connectivity index is 2.75. The van der Waals surface area contributed by atoms with Crippen molar-refractivity contribution in [3.63, 3.8) is 0 Å². The van der Waals surface area contributed by atoms with Crippen molar-refractivity contribution in [3.8, 4) is 0 Å². The highest BCUT2D eigenvalue weighted by Gasteiger charge is 2.15. The van der Waals surface area contributed by atoms with E-state index in [4.69, 9.17) is 0 Å². The van der Waals surface area contributed by atoms with Gasteiger partial charge < -0.3 is 9.88 Å². The van der Waals surface area contributed by atoms with Crippen molar-refractivity contribution in [2.24, 2.45) is 13.0 Å². The van der Waals surface area contributed by atoms with Gasteiger partial charge in [0.2, 0.25) is 0 Å². The highest BCUT2D eigenvalue weighted by atomic mass is 16.1. The van der Waals surface area contributed by atoms with Gasteiger partial charge >= 0.3 is 5.69 Å². The summed E-state index contributed by atoms with van der Waals surface area (Å²) in [5, 5.41) is 3.27. The molecule has 0 aliphatic carbocycles. The average molecular weight is 211 g/mol. The van der Waals surface area contributed by atoms with Crippen molar-refractivity contribution in [3.05, 3.63) is 22.9 Å². The Morgan fingerprint density at radius 2 is 2.13 bits per heavy atom. The third-order valence-electron chi connectivity index (χ3n) is 3.11. The maximum Gasteiger partial charge on any atom is 0.327 e. The predicted molar refractivity (Wildman–Crippen MR) is 62.0 cm³/mol. The summed E-state index contributed by atoms with van der Waals surface area (Å²) in [6, 6.07) is 0.357. The Labute approximate surface area is 90.9 Å². The van der Waals surface area contributed by atoms with Crippen LogP contribution in [0.4, 0.5) is 0 Å². The first-order chi connectivity index (χ1) is 7.10. The lowest BCUT2D eigenvalue weighted by atomic mass is 9.99. The zero-order chi connectivity index (χ0) is 11.4. The summed E-state index contributed by atoms with van der Waals surface area (Å²) in [5.41, 5.74) is 0.0542. The molecule has 2 atom stereocenters. The first kappa shape index (κ1) is 12.0. The van der Waals surface area contributed by atoms with Crippen LogP contribution in [0.3, 0.4) is 0 Å². The van der Waals surface area contributed by atoms with Gasteiger partial charge in [-0.05, 0) is 13.0 Å². The van der Waals surface area contributed by atoms with E-state index in [1.165, 1.54) is 0 Å². The minimum atomic E-state index is 0.0542. The van der Waals surface area contributed by atoms with E-state index in [1.54, 1.807) is 22.4 Å². The van der Waals surface area contributed by atoms with E-state index in [0.717, 1.165) is 13.0 Å². The Morgan fingerprint density at radius 3 is 2.53 bits per heavy atom. The van der Waals surface area contributed by atoms with Crippen LogP contribution >= 0.6 is 0 Å². The minimum absolute atomic E-state index is 0.0542. The van der Waals surface area contributed by atoms with Gasteiger partial charge in [0.05, 0.1) is 0 Å². The van der Waals surface area contributed by atoms with Crippen LogP contribution < -0.4 is 11.0 Å². The molecule has 1 heterocycles. The van der Waals surface area contributed by atoms with Crippen molar-refractivity contribution in [1.82, 2.24) is 14.5 Å². The fraction of sp³-hybridized carbons (Fsp3) is 0.727. The van der Waals surface area contributed by atoms with Crippen molar-refractivity contribution >= 4 is 0 Å². The minimum Gasteiger partial charge on any atom is -0.315 e. The fourth-order valence-corrected chi connectivity index (χ4v) is 1.70. The van der Waals surface area contributed by atoms with Crippen molar-refractivity contribution in [2.45, 2.75) is 32.9 Å². The molecule has 0 aromatic carbocycles. The van der Waals surface area contributed by atoms with E-state index in [2.05, 4.69) is 19.2 Å². The van der Waals surface area contributed by atoms with Gasteiger partial charge in [-0.15, -0.1) is 0 Å². The molecule has 2 unspecified atom stereocenters. The monoisotopic (exact) mass is 211 g/mol. The number of nitrogens with one attached hydrogen (secondary N) is 1. The SMILES string of the molecule is CCC(C)C(Cn1ccn(C)c1=O)NC. The second kappa shape index (κ2) is 5.16. The topological polar surface area (TPSA) is 39.0 Å². The molecule has 1 rings (SSSR count). The molecule has 0 amide bonds. The third-order valence-corrected chi connectivity index (χ3v) is 3.11. The zero-order valence-electron chi connectivity index (χ0n) is 10.0. The van der Waals surface area contributed by atoms with E-state index < -0.39 is 0 Å². The number of aryl methyl sites for hydroxylation is 1. The largest absolute Gasteiger partial charge is 0.327 e. The van der Waals surface area contributed by atoms with Gasteiger partial charge in [-0.25, -0.2) is 4.79 Å². The number of nitrogens with zero attached hydrogens (tertiary/aromatic N) is 2. The van der Waals surface area contributed by atoms with Crippen molar-refractivity contribution < 1.29 is 0 Å². The smallest absolute Gasteiger partial charge is 0.315 e. The molecule has 4 heteroatoms. The summed E-state index contributed by atoms with van der Waals surface area (Å²) >= 11 is 0. The van der Waals surface area contributed by atoms with Gasteiger partial charge in [0, 0.05) is 32.0 Å². The summed E-state index contributed by atoms with van der Waals surface area (Å²) in [7, 11) is 3.72. The molecule has 0 saturated carbocycles. The maximum absolute atomic E-state index is 11.6. The normalized spacial score (nSPS) is 15.2. The summed E-state index contributed by atoms with van der Waals surface area (Å²) in [6.45, 7) is 5.11. The first-order valence-corrected chi connectivity index (χ1v) is 5.49. The van der Waals surface area contributed by atoms with Gasteiger partial charge in [-0.2, -0.15) is 0 Å². The number of aromatic nitrogens is 2. The molecule has 0 aliphatic heterocycles. The number of hydrogen-bond donors (Lipinski definition) is 1. The summed E-state index contributed by atoms with van der Waals surface area (Å²) in [4.78, 5) is 11.6. The molecule has 0 saturated heterocycles. The summed E-state index contributed by atoms with van der Waals surface area (Å²) in [6.07, 6.45) is 4.76. The van der Waals surface area contributed by atoms with Crippen LogP contribution in [0.1, 0.15) is 20.3 Å². The quantitative estimate of drug-likeness (QED) is 0.783. The average Bonchev–Trinajstić information content (AvgIpc) is 2.56. The van der Waals surface area contributed by atoms with E-state index >= 15 is 0 Å². The molecule has 0 spiro atoms. The molecule has 0 fully saturated rings. The molecule has 0 aliphatic rings. The number of likely N-dealkylation sites (N-methyl/N-ethyl adjacent to an activating group) is 1. The first-order valence-electron chi connectivity index (χ1n) is 5.49. The summed E-state index contributed by atoms with van der Waals surface area (Å²) in [5.74, 6) is 0.571. The molecular weight excluding hydrogens is 190 g/mol. The number of hydrogen-bond acceptors (Lipinski definition) is 2. The van der Waals surface area contributed by atoms with Crippen LogP contribution in [0, 0.1) is 5.92 Å². The molecule has 4 nitrogen and oxygen atoms in total. The van der Waals surface area contributed by atoms with Crippen LogP contribution in [0.2, 0.25) is 0 Å². The Morgan fingerprint density at radius 1 is 1.47 bits per heavy atom. The van der Waals surface area contributed by atoms with Crippen LogP contribution in [-0.2, 0) is 13.6 Å². The van der Waals surface area contributed by atoms with Gasteiger partial charge in [-0.3, -0.25) is 4.57 Å². The predicted octanol–water partition coefficient (Wildman–Crippen LogP) is 0.821. The van der Waals surface area contributed by atoms with Crippen LogP contribution in [0.15, 0.2) is 17.2 Å². The summed E-state index contributed by atoms with van der Waals surface area (Å²) < 4.78 is 3.36. The van der Waals surface area contributed by atoms with E-state index in [-0.39, 0.29) is 5.69 Å². The van der Waals surface area contributed by atoms with Gasteiger partial charge in [0.25, 0.3) is 0 Å². The Bertz CT molecular complexity index is 353. The Hall–Kier alpha value is -1.03. The molecule has 1 aromatic rings. The fourth-order valence-electron chi connectivity index (χ4n) is 1.70. The number of rotatable bonds is 5. The molecule has 1 N–H and O–H groups in total. The lowest BCUT2D eigenvalue weighted by Crippen LogP contribution is -2.38. The van der Waals surface area contributed by atoms with E-state index in [1.807, 2.05) is 13.2 Å². The van der Waals surface area contributed by atoms with Gasteiger partial charge in [0.15, 0.2) is 0 Å².